The Hall–Kier alpha value is -3.22. The third-order valence-corrected chi connectivity index (χ3v) is 4.38. The number of hydrogen-bond donors (Lipinski definition) is 0. The van der Waals surface area contributed by atoms with Crippen LogP contribution in [0.1, 0.15) is 24.2 Å². The van der Waals surface area contributed by atoms with Crippen LogP contribution in [0.15, 0.2) is 54.6 Å². The van der Waals surface area contributed by atoms with E-state index in [1.165, 1.54) is 31.2 Å². The lowest BCUT2D eigenvalue weighted by Gasteiger charge is -2.27. The Morgan fingerprint density at radius 1 is 1.11 bits per heavy atom. The van der Waals surface area contributed by atoms with Gasteiger partial charge in [-0.3, -0.25) is 19.4 Å². The SMILES string of the molecule is CC(=O)OCC1(C)CN(c2ccccc2)N(C(=O)c2ccc(F)cc2)C1=O. The van der Waals surface area contributed by atoms with Crippen molar-refractivity contribution in [1.29, 1.82) is 0 Å². The largest absolute Gasteiger partial charge is 0.465 e. The maximum Gasteiger partial charge on any atom is 0.302 e. The zero-order chi connectivity index (χ0) is 19.6. The number of rotatable bonds is 4. The maximum absolute atomic E-state index is 13.2. The van der Waals surface area contributed by atoms with E-state index in [0.29, 0.717) is 5.69 Å². The van der Waals surface area contributed by atoms with Crippen molar-refractivity contribution in [3.8, 4) is 0 Å². The van der Waals surface area contributed by atoms with Crippen molar-refractivity contribution in [2.24, 2.45) is 5.41 Å². The Labute approximate surface area is 156 Å². The third kappa shape index (κ3) is 3.67. The van der Waals surface area contributed by atoms with Gasteiger partial charge in [0.05, 0.1) is 12.2 Å². The molecule has 140 valence electrons. The summed E-state index contributed by atoms with van der Waals surface area (Å²) in [5.74, 6) is -2.03. The lowest BCUT2D eigenvalue weighted by molar-refractivity contribution is -0.147. The quantitative estimate of drug-likeness (QED) is 0.612. The number of hydrazine groups is 1. The first-order valence-corrected chi connectivity index (χ1v) is 8.42. The molecule has 7 heteroatoms. The van der Waals surface area contributed by atoms with Crippen LogP contribution in [-0.4, -0.2) is 35.9 Å². The van der Waals surface area contributed by atoms with Gasteiger partial charge in [-0.25, -0.2) is 4.39 Å². The lowest BCUT2D eigenvalue weighted by atomic mass is 9.92. The molecule has 0 aromatic heterocycles. The molecule has 0 saturated carbocycles. The number of anilines is 1. The molecule has 2 aromatic rings. The van der Waals surface area contributed by atoms with E-state index < -0.39 is 29.0 Å². The normalized spacial score (nSPS) is 19.3. The van der Waals surface area contributed by atoms with Gasteiger partial charge >= 0.3 is 5.97 Å². The van der Waals surface area contributed by atoms with Crippen molar-refractivity contribution >= 4 is 23.5 Å². The molecule has 2 aromatic carbocycles. The number of imide groups is 1. The average molecular weight is 370 g/mol. The molecule has 3 rings (SSSR count). The van der Waals surface area contributed by atoms with Crippen LogP contribution in [0.3, 0.4) is 0 Å². The molecule has 1 aliphatic rings. The van der Waals surface area contributed by atoms with Crippen molar-refractivity contribution in [2.75, 3.05) is 18.2 Å². The van der Waals surface area contributed by atoms with E-state index >= 15 is 0 Å². The first-order chi connectivity index (χ1) is 12.8. The summed E-state index contributed by atoms with van der Waals surface area (Å²) in [4.78, 5) is 37.3. The van der Waals surface area contributed by atoms with Gasteiger partial charge in [0.25, 0.3) is 11.8 Å². The van der Waals surface area contributed by atoms with E-state index in [1.807, 2.05) is 6.07 Å². The minimum absolute atomic E-state index is 0.141. The molecule has 1 aliphatic heterocycles. The van der Waals surface area contributed by atoms with Crippen LogP contribution in [0.5, 0.6) is 0 Å². The van der Waals surface area contributed by atoms with E-state index in [4.69, 9.17) is 4.74 Å². The van der Waals surface area contributed by atoms with Gasteiger partial charge in [-0.1, -0.05) is 18.2 Å². The summed E-state index contributed by atoms with van der Waals surface area (Å²) in [6, 6.07) is 13.9. The van der Waals surface area contributed by atoms with Gasteiger partial charge in [-0.15, -0.1) is 0 Å². The molecule has 1 fully saturated rings. The molecule has 0 radical (unpaired) electrons. The molecule has 0 bridgehead atoms. The first-order valence-electron chi connectivity index (χ1n) is 8.42. The Balaban J connectivity index is 1.98. The number of esters is 1. The number of halogens is 1. The first kappa shape index (κ1) is 18.6. The molecule has 6 nitrogen and oxygen atoms in total. The Kier molecular flexibility index (Phi) is 4.94. The van der Waals surface area contributed by atoms with Crippen LogP contribution in [0, 0.1) is 11.2 Å². The summed E-state index contributed by atoms with van der Waals surface area (Å²) in [5, 5.41) is 2.59. The van der Waals surface area contributed by atoms with Crippen LogP contribution >= 0.6 is 0 Å². The standard InChI is InChI=1S/C20H19FN2O4/c1-14(24)27-13-20(2)12-22(17-6-4-3-5-7-17)23(19(20)26)18(25)15-8-10-16(21)11-9-15/h3-11H,12-13H2,1-2H3. The predicted octanol–water partition coefficient (Wildman–Crippen LogP) is 2.80. The van der Waals surface area contributed by atoms with E-state index in [-0.39, 0.29) is 18.7 Å². The summed E-state index contributed by atoms with van der Waals surface area (Å²) >= 11 is 0. The highest BCUT2D eigenvalue weighted by atomic mass is 19.1. The fourth-order valence-electron chi connectivity index (χ4n) is 2.93. The molecular weight excluding hydrogens is 351 g/mol. The molecule has 1 atom stereocenters. The monoisotopic (exact) mass is 370 g/mol. The molecule has 0 spiro atoms. The number of carbonyl (C=O) groups is 3. The van der Waals surface area contributed by atoms with Gasteiger partial charge in [0.1, 0.15) is 17.8 Å². The molecule has 1 saturated heterocycles. The molecule has 1 unspecified atom stereocenters. The van der Waals surface area contributed by atoms with Gasteiger partial charge in [0.2, 0.25) is 0 Å². The predicted molar refractivity (Wildman–Crippen MR) is 96.1 cm³/mol. The van der Waals surface area contributed by atoms with E-state index in [0.717, 1.165) is 5.01 Å². The van der Waals surface area contributed by atoms with Crippen LogP contribution in [0.2, 0.25) is 0 Å². The van der Waals surface area contributed by atoms with Gasteiger partial charge in [-0.2, -0.15) is 5.01 Å². The summed E-state index contributed by atoms with van der Waals surface area (Å²) in [7, 11) is 0. The number of hydrogen-bond acceptors (Lipinski definition) is 5. The number of benzene rings is 2. The Bertz CT molecular complexity index is 869. The van der Waals surface area contributed by atoms with E-state index in [1.54, 1.807) is 36.2 Å². The van der Waals surface area contributed by atoms with E-state index in [2.05, 4.69) is 0 Å². The van der Waals surface area contributed by atoms with Gasteiger partial charge in [0, 0.05) is 12.5 Å². The van der Waals surface area contributed by atoms with Gasteiger partial charge < -0.3 is 4.74 Å². The van der Waals surface area contributed by atoms with Crippen molar-refractivity contribution in [3.05, 3.63) is 66.0 Å². The van der Waals surface area contributed by atoms with Crippen LogP contribution in [0.4, 0.5) is 10.1 Å². The highest BCUT2D eigenvalue weighted by Crippen LogP contribution is 2.35. The summed E-state index contributed by atoms with van der Waals surface area (Å²) < 4.78 is 18.3. The maximum atomic E-state index is 13.2. The zero-order valence-electron chi connectivity index (χ0n) is 15.0. The molecule has 1 heterocycles. The smallest absolute Gasteiger partial charge is 0.302 e. The second-order valence-electron chi connectivity index (χ2n) is 6.66. The third-order valence-electron chi connectivity index (χ3n) is 4.38. The molecular formula is C20H19FN2O4. The van der Waals surface area contributed by atoms with Crippen molar-refractivity contribution in [2.45, 2.75) is 13.8 Å². The number of amides is 2. The van der Waals surface area contributed by atoms with Crippen LogP contribution < -0.4 is 5.01 Å². The summed E-state index contributed by atoms with van der Waals surface area (Å²) in [6.45, 7) is 2.93. The highest BCUT2D eigenvalue weighted by Gasteiger charge is 2.51. The second-order valence-corrected chi connectivity index (χ2v) is 6.66. The zero-order valence-corrected chi connectivity index (χ0v) is 15.0. The van der Waals surface area contributed by atoms with Gasteiger partial charge in [0.15, 0.2) is 0 Å². The van der Waals surface area contributed by atoms with Crippen molar-refractivity contribution < 1.29 is 23.5 Å². The fourth-order valence-corrected chi connectivity index (χ4v) is 2.93. The Morgan fingerprint density at radius 2 is 1.74 bits per heavy atom. The van der Waals surface area contributed by atoms with Crippen molar-refractivity contribution in [1.82, 2.24) is 5.01 Å². The van der Waals surface area contributed by atoms with Gasteiger partial charge in [-0.05, 0) is 43.3 Å². The molecule has 27 heavy (non-hydrogen) atoms. The topological polar surface area (TPSA) is 66.9 Å². The fraction of sp³-hybridized carbons (Fsp3) is 0.250. The number of carbonyl (C=O) groups excluding carboxylic acids is 3. The number of para-hydroxylation sites is 1. The summed E-state index contributed by atoms with van der Waals surface area (Å²) in [5.41, 5.74) is -0.257. The average Bonchev–Trinajstić information content (AvgIpc) is 2.93. The minimum Gasteiger partial charge on any atom is -0.465 e. The minimum atomic E-state index is -1.09. The lowest BCUT2D eigenvalue weighted by Crippen LogP contribution is -2.44. The van der Waals surface area contributed by atoms with Crippen molar-refractivity contribution in [3.63, 3.8) is 0 Å². The van der Waals surface area contributed by atoms with Crippen LogP contribution in [-0.2, 0) is 14.3 Å². The van der Waals surface area contributed by atoms with E-state index in [9.17, 15) is 18.8 Å². The van der Waals surface area contributed by atoms with Crippen LogP contribution in [0.25, 0.3) is 0 Å². The Morgan fingerprint density at radius 3 is 2.33 bits per heavy atom. The second kappa shape index (κ2) is 7.19. The highest BCUT2D eigenvalue weighted by molar-refractivity contribution is 6.09. The molecule has 0 aliphatic carbocycles. The molecule has 0 N–H and O–H groups in total. The number of ether oxygens (including phenoxy) is 1. The number of nitrogens with zero attached hydrogens (tertiary/aromatic N) is 2. The summed E-state index contributed by atoms with van der Waals surface area (Å²) in [6.07, 6.45) is 0. The molecule has 2 amide bonds.